The molecule has 0 saturated carbocycles. The fraction of sp³-hybridized carbons (Fsp3) is 0.348. The number of hydrogen-bond acceptors (Lipinski definition) is 6. The third-order valence-electron chi connectivity index (χ3n) is 4.55. The molecule has 2 aromatic rings. The molecule has 156 valence electrons. The van der Waals surface area contributed by atoms with Gasteiger partial charge >= 0.3 is 0 Å². The minimum absolute atomic E-state index is 0.0668. The molecule has 0 atom stereocenters. The number of hydrogen-bond donors (Lipinski definition) is 1. The number of aliphatic hydroxyl groups excluding tert-OH is 1. The normalized spacial score (nSPS) is 11.1. The average Bonchev–Trinajstić information content (AvgIpc) is 2.75. The zero-order valence-electron chi connectivity index (χ0n) is 17.4. The van der Waals surface area contributed by atoms with Gasteiger partial charge in [-0.05, 0) is 48.2 Å². The van der Waals surface area contributed by atoms with Crippen LogP contribution in [0.25, 0.3) is 0 Å². The van der Waals surface area contributed by atoms with E-state index in [1.54, 1.807) is 28.4 Å². The highest BCUT2D eigenvalue weighted by Gasteiger charge is 2.08. The number of allylic oxidation sites excluding steroid dienone is 2. The molecule has 1 N–H and O–H groups in total. The van der Waals surface area contributed by atoms with Gasteiger partial charge in [0.05, 0.1) is 34.2 Å². The molecule has 0 saturated heterocycles. The van der Waals surface area contributed by atoms with Gasteiger partial charge in [0, 0.05) is 18.9 Å². The van der Waals surface area contributed by atoms with Crippen LogP contribution in [0.15, 0.2) is 48.2 Å². The van der Waals surface area contributed by atoms with E-state index in [2.05, 4.69) is 0 Å². The van der Waals surface area contributed by atoms with Gasteiger partial charge in [-0.1, -0.05) is 12.1 Å². The van der Waals surface area contributed by atoms with Gasteiger partial charge in [0.2, 0.25) is 0 Å². The molecule has 0 spiro atoms. The lowest BCUT2D eigenvalue weighted by molar-refractivity contribution is -0.114. The minimum atomic E-state index is -0.121. The first kappa shape index (κ1) is 22.1. The quantitative estimate of drug-likeness (QED) is 0.448. The summed E-state index contributed by atoms with van der Waals surface area (Å²) < 4.78 is 21.0. The highest BCUT2D eigenvalue weighted by Crippen LogP contribution is 2.29. The lowest BCUT2D eigenvalue weighted by Gasteiger charge is -2.09. The Kier molecular flexibility index (Phi) is 8.40. The molecule has 6 heteroatoms. The minimum Gasteiger partial charge on any atom is -0.512 e. The highest BCUT2D eigenvalue weighted by atomic mass is 16.5. The van der Waals surface area contributed by atoms with Gasteiger partial charge in [0.1, 0.15) is 0 Å². The second-order valence-electron chi connectivity index (χ2n) is 6.48. The van der Waals surface area contributed by atoms with E-state index in [1.807, 2.05) is 36.4 Å². The summed E-state index contributed by atoms with van der Waals surface area (Å²) in [6.45, 7) is 0. The van der Waals surface area contributed by atoms with Crippen molar-refractivity contribution < 1.29 is 28.8 Å². The Balaban J connectivity index is 1.89. The molecule has 0 fully saturated rings. The van der Waals surface area contributed by atoms with E-state index in [9.17, 15) is 9.90 Å². The monoisotopic (exact) mass is 400 g/mol. The number of carbonyl (C=O) groups is 1. The molecule has 0 aliphatic carbocycles. The number of methoxy groups -OCH3 is 4. The van der Waals surface area contributed by atoms with Crippen molar-refractivity contribution in [2.75, 3.05) is 28.4 Å². The Hall–Kier alpha value is -3.15. The second kappa shape index (κ2) is 11.0. The van der Waals surface area contributed by atoms with Crippen molar-refractivity contribution in [3.8, 4) is 23.0 Å². The third kappa shape index (κ3) is 6.45. The fourth-order valence-corrected chi connectivity index (χ4v) is 2.94. The predicted molar refractivity (Wildman–Crippen MR) is 111 cm³/mol. The highest BCUT2D eigenvalue weighted by molar-refractivity contribution is 5.90. The molecule has 2 rings (SSSR count). The zero-order chi connectivity index (χ0) is 21.2. The summed E-state index contributed by atoms with van der Waals surface area (Å²) in [7, 11) is 6.32. The van der Waals surface area contributed by atoms with E-state index in [0.29, 0.717) is 48.7 Å². The van der Waals surface area contributed by atoms with Crippen LogP contribution in [-0.4, -0.2) is 39.3 Å². The van der Waals surface area contributed by atoms with Crippen LogP contribution in [0.1, 0.15) is 24.0 Å². The molecule has 0 heterocycles. The lowest BCUT2D eigenvalue weighted by Crippen LogP contribution is -2.00. The summed E-state index contributed by atoms with van der Waals surface area (Å²) in [5.41, 5.74) is 1.95. The van der Waals surface area contributed by atoms with Crippen LogP contribution in [0.3, 0.4) is 0 Å². The summed E-state index contributed by atoms with van der Waals surface area (Å²) in [6.07, 6.45) is 3.12. The number of benzene rings is 2. The smallest absolute Gasteiger partial charge is 0.160 e. The van der Waals surface area contributed by atoms with E-state index < -0.39 is 0 Å². The molecule has 6 nitrogen and oxygen atoms in total. The molecular formula is C23H28O6. The van der Waals surface area contributed by atoms with Gasteiger partial charge in [-0.3, -0.25) is 4.79 Å². The molecule has 0 radical (unpaired) electrons. The molecule has 2 aromatic carbocycles. The van der Waals surface area contributed by atoms with Crippen LogP contribution in [0.2, 0.25) is 0 Å². The number of rotatable bonds is 11. The van der Waals surface area contributed by atoms with Crippen LogP contribution < -0.4 is 18.9 Å². The topological polar surface area (TPSA) is 74.2 Å². The van der Waals surface area contributed by atoms with Crippen molar-refractivity contribution in [3.05, 3.63) is 59.4 Å². The second-order valence-corrected chi connectivity index (χ2v) is 6.48. The van der Waals surface area contributed by atoms with Gasteiger partial charge in [0.15, 0.2) is 28.8 Å². The van der Waals surface area contributed by atoms with Gasteiger partial charge in [-0.15, -0.1) is 0 Å². The molecule has 0 aliphatic rings. The van der Waals surface area contributed by atoms with E-state index in [0.717, 1.165) is 11.1 Å². The van der Waals surface area contributed by atoms with Gasteiger partial charge in [-0.25, -0.2) is 0 Å². The number of ether oxygens (including phenoxy) is 4. The van der Waals surface area contributed by atoms with Crippen LogP contribution in [0, 0.1) is 0 Å². The number of carbonyl (C=O) groups excluding carboxylic acids is 1. The van der Waals surface area contributed by atoms with Crippen LogP contribution in [0.4, 0.5) is 0 Å². The first-order chi connectivity index (χ1) is 14.0. The Bertz CT molecular complexity index is 856. The molecule has 0 bridgehead atoms. The standard InChI is InChI=1S/C23H28O6/c1-26-20-11-7-16(13-22(20)28-3)5-9-18(24)15-19(25)10-6-17-8-12-21(27-2)23(14-17)29-4/h7-8,11-15,24H,5-6,9-10H2,1-4H3/b18-15-. The van der Waals surface area contributed by atoms with Crippen molar-refractivity contribution in [2.45, 2.75) is 25.7 Å². The van der Waals surface area contributed by atoms with Crippen molar-refractivity contribution in [2.24, 2.45) is 0 Å². The molecular weight excluding hydrogens is 372 g/mol. The average molecular weight is 400 g/mol. The van der Waals surface area contributed by atoms with E-state index in [1.165, 1.54) is 6.08 Å². The lowest BCUT2D eigenvalue weighted by atomic mass is 10.0. The van der Waals surface area contributed by atoms with Crippen molar-refractivity contribution in [1.82, 2.24) is 0 Å². The third-order valence-corrected chi connectivity index (χ3v) is 4.55. The molecule has 0 unspecified atom stereocenters. The van der Waals surface area contributed by atoms with E-state index in [4.69, 9.17) is 18.9 Å². The Morgan fingerprint density at radius 3 is 1.66 bits per heavy atom. The van der Waals surface area contributed by atoms with Crippen molar-refractivity contribution >= 4 is 5.78 Å². The first-order valence-corrected chi connectivity index (χ1v) is 9.34. The number of ketones is 1. The summed E-state index contributed by atoms with van der Waals surface area (Å²) in [6, 6.07) is 11.2. The maximum Gasteiger partial charge on any atom is 0.160 e. The van der Waals surface area contributed by atoms with Crippen LogP contribution >= 0.6 is 0 Å². The Morgan fingerprint density at radius 2 is 1.21 bits per heavy atom. The first-order valence-electron chi connectivity index (χ1n) is 9.34. The maximum atomic E-state index is 12.2. The number of aryl methyl sites for hydroxylation is 2. The van der Waals surface area contributed by atoms with Gasteiger partial charge < -0.3 is 24.1 Å². The van der Waals surface area contributed by atoms with E-state index >= 15 is 0 Å². The van der Waals surface area contributed by atoms with Crippen LogP contribution in [0.5, 0.6) is 23.0 Å². The molecule has 0 amide bonds. The van der Waals surface area contributed by atoms with Gasteiger partial charge in [0.25, 0.3) is 0 Å². The molecule has 0 aromatic heterocycles. The van der Waals surface area contributed by atoms with Crippen molar-refractivity contribution in [3.63, 3.8) is 0 Å². The Labute approximate surface area is 171 Å². The predicted octanol–water partition coefficient (Wildman–Crippen LogP) is 4.30. The molecule has 29 heavy (non-hydrogen) atoms. The number of aliphatic hydroxyl groups is 1. The zero-order valence-corrected chi connectivity index (χ0v) is 17.4. The largest absolute Gasteiger partial charge is 0.512 e. The summed E-state index contributed by atoms with van der Waals surface area (Å²) in [5.74, 6) is 2.52. The summed E-state index contributed by atoms with van der Waals surface area (Å²) in [5, 5.41) is 10.1. The van der Waals surface area contributed by atoms with Crippen molar-refractivity contribution in [1.29, 1.82) is 0 Å². The van der Waals surface area contributed by atoms with E-state index in [-0.39, 0.29) is 11.5 Å². The summed E-state index contributed by atoms with van der Waals surface area (Å²) >= 11 is 0. The molecule has 0 aliphatic heterocycles. The maximum absolute atomic E-state index is 12.2. The fourth-order valence-electron chi connectivity index (χ4n) is 2.94. The SMILES string of the molecule is COc1ccc(CCC(=O)/C=C(\O)CCc2ccc(OC)c(OC)c2)cc1OC. The summed E-state index contributed by atoms with van der Waals surface area (Å²) in [4.78, 5) is 12.2. The Morgan fingerprint density at radius 1 is 0.759 bits per heavy atom. The van der Waals surface area contributed by atoms with Gasteiger partial charge in [-0.2, -0.15) is 0 Å². The van der Waals surface area contributed by atoms with Crippen LogP contribution in [-0.2, 0) is 17.6 Å².